The zero-order valence-corrected chi connectivity index (χ0v) is 14.8. The van der Waals surface area contributed by atoms with Crippen LogP contribution in [-0.2, 0) is 19.1 Å². The van der Waals surface area contributed by atoms with Crippen molar-refractivity contribution < 1.29 is 23.9 Å². The van der Waals surface area contributed by atoms with Gasteiger partial charge in [0.15, 0.2) is 6.61 Å². The molecule has 1 heterocycles. The number of ether oxygens (including phenoxy) is 1. The van der Waals surface area contributed by atoms with Crippen LogP contribution < -0.4 is 9.80 Å². The Morgan fingerprint density at radius 3 is 2.15 bits per heavy atom. The van der Waals surface area contributed by atoms with Gasteiger partial charge in [-0.15, -0.1) is 0 Å². The molecule has 0 radical (unpaired) electrons. The fraction of sp³-hybridized carbons (Fsp3) is 0.200. The fourth-order valence-corrected chi connectivity index (χ4v) is 2.71. The number of hydrogen-bond acceptors (Lipinski definition) is 5. The summed E-state index contributed by atoms with van der Waals surface area (Å²) >= 11 is 0. The average molecular weight is 366 g/mol. The van der Waals surface area contributed by atoms with Gasteiger partial charge in [-0.2, -0.15) is 0 Å². The molecule has 0 bridgehead atoms. The number of para-hydroxylation sites is 1. The van der Waals surface area contributed by atoms with Gasteiger partial charge in [0, 0.05) is 25.6 Å². The number of amides is 3. The Kier molecular flexibility index (Phi) is 5.30. The predicted octanol–water partition coefficient (Wildman–Crippen LogP) is 2.16. The highest BCUT2D eigenvalue weighted by molar-refractivity contribution is 6.19. The second-order valence-electron chi connectivity index (χ2n) is 6.03. The number of anilines is 2. The summed E-state index contributed by atoms with van der Waals surface area (Å²) in [7, 11) is 1.60. The molecule has 0 aromatic heterocycles. The van der Waals surface area contributed by atoms with Crippen LogP contribution >= 0.6 is 0 Å². The van der Waals surface area contributed by atoms with Crippen molar-refractivity contribution in [2.45, 2.75) is 12.8 Å². The number of carbonyl (C=O) groups is 4. The number of imide groups is 1. The van der Waals surface area contributed by atoms with E-state index >= 15 is 0 Å². The molecule has 0 aliphatic carbocycles. The Balaban J connectivity index is 1.59. The molecule has 0 spiro atoms. The number of likely N-dealkylation sites (N-methyl/N-ethyl adjacent to an activating group) is 1. The highest BCUT2D eigenvalue weighted by atomic mass is 16.5. The molecule has 0 N–H and O–H groups in total. The third-order valence-corrected chi connectivity index (χ3v) is 4.26. The van der Waals surface area contributed by atoms with Crippen molar-refractivity contribution in [2.75, 3.05) is 23.5 Å². The van der Waals surface area contributed by atoms with Crippen molar-refractivity contribution >= 4 is 35.1 Å². The number of carbonyl (C=O) groups excluding carboxylic acids is 4. The van der Waals surface area contributed by atoms with Crippen molar-refractivity contribution in [2.24, 2.45) is 0 Å². The molecule has 27 heavy (non-hydrogen) atoms. The first kappa shape index (κ1) is 18.3. The van der Waals surface area contributed by atoms with Crippen LogP contribution in [0.1, 0.15) is 23.2 Å². The molecule has 3 rings (SSSR count). The summed E-state index contributed by atoms with van der Waals surface area (Å²) in [4.78, 5) is 50.3. The Bertz CT molecular complexity index is 861. The van der Waals surface area contributed by atoms with Gasteiger partial charge in [-0.3, -0.25) is 19.3 Å². The van der Waals surface area contributed by atoms with Gasteiger partial charge in [0.2, 0.25) is 11.8 Å². The molecule has 1 saturated heterocycles. The van der Waals surface area contributed by atoms with E-state index in [-0.39, 0.29) is 36.1 Å². The van der Waals surface area contributed by atoms with Crippen LogP contribution in [-0.4, -0.2) is 37.3 Å². The van der Waals surface area contributed by atoms with E-state index in [0.29, 0.717) is 11.4 Å². The summed E-state index contributed by atoms with van der Waals surface area (Å²) in [6.07, 6.45) is 0.388. The Morgan fingerprint density at radius 2 is 1.56 bits per heavy atom. The second kappa shape index (κ2) is 7.82. The third kappa shape index (κ3) is 4.03. The largest absolute Gasteiger partial charge is 0.452 e. The SMILES string of the molecule is CN(C(=O)COC(=O)c1ccc(N2C(=O)CCC2=O)cc1)c1ccccc1. The van der Waals surface area contributed by atoms with Crippen LogP contribution in [0.2, 0.25) is 0 Å². The molecule has 3 amide bonds. The summed E-state index contributed by atoms with van der Waals surface area (Å²) in [5.41, 5.74) is 1.34. The molecule has 2 aromatic carbocycles. The van der Waals surface area contributed by atoms with Crippen molar-refractivity contribution in [1.82, 2.24) is 0 Å². The van der Waals surface area contributed by atoms with Crippen LogP contribution in [0.25, 0.3) is 0 Å². The molecular formula is C20H18N2O5. The standard InChI is InChI=1S/C20H18N2O5/c1-21(15-5-3-2-4-6-15)19(25)13-27-20(26)14-7-9-16(10-8-14)22-17(23)11-12-18(22)24/h2-10H,11-13H2,1H3. The number of benzene rings is 2. The van der Waals surface area contributed by atoms with E-state index in [4.69, 9.17) is 4.74 Å². The van der Waals surface area contributed by atoms with Gasteiger partial charge in [-0.05, 0) is 36.4 Å². The van der Waals surface area contributed by atoms with E-state index in [1.165, 1.54) is 29.2 Å². The number of hydrogen-bond donors (Lipinski definition) is 0. The van der Waals surface area contributed by atoms with E-state index in [1.807, 2.05) is 18.2 Å². The zero-order valence-electron chi connectivity index (χ0n) is 14.8. The Hall–Kier alpha value is -3.48. The maximum atomic E-state index is 12.1. The molecule has 1 aliphatic heterocycles. The van der Waals surface area contributed by atoms with E-state index in [1.54, 1.807) is 19.2 Å². The van der Waals surface area contributed by atoms with Crippen LogP contribution in [0, 0.1) is 0 Å². The minimum atomic E-state index is -0.657. The fourth-order valence-electron chi connectivity index (χ4n) is 2.71. The minimum Gasteiger partial charge on any atom is -0.452 e. The zero-order chi connectivity index (χ0) is 19.4. The first-order valence-electron chi connectivity index (χ1n) is 8.42. The van der Waals surface area contributed by atoms with Crippen molar-refractivity contribution in [3.63, 3.8) is 0 Å². The topological polar surface area (TPSA) is 84.0 Å². The predicted molar refractivity (Wildman–Crippen MR) is 98.3 cm³/mol. The lowest BCUT2D eigenvalue weighted by Gasteiger charge is -2.17. The van der Waals surface area contributed by atoms with Crippen molar-refractivity contribution in [3.8, 4) is 0 Å². The third-order valence-electron chi connectivity index (χ3n) is 4.26. The molecule has 2 aromatic rings. The minimum absolute atomic E-state index is 0.194. The quantitative estimate of drug-likeness (QED) is 0.598. The number of rotatable bonds is 5. The summed E-state index contributed by atoms with van der Waals surface area (Å²) < 4.78 is 5.06. The van der Waals surface area contributed by atoms with E-state index in [9.17, 15) is 19.2 Å². The molecule has 1 aliphatic rings. The van der Waals surface area contributed by atoms with E-state index in [0.717, 1.165) is 4.90 Å². The summed E-state index contributed by atoms with van der Waals surface area (Å²) in [5.74, 6) is -1.54. The lowest BCUT2D eigenvalue weighted by atomic mass is 10.2. The first-order chi connectivity index (χ1) is 13.0. The van der Waals surface area contributed by atoms with Gasteiger partial charge < -0.3 is 9.64 Å². The van der Waals surface area contributed by atoms with Crippen molar-refractivity contribution in [3.05, 3.63) is 60.2 Å². The first-order valence-corrected chi connectivity index (χ1v) is 8.42. The van der Waals surface area contributed by atoms with Crippen LogP contribution in [0.3, 0.4) is 0 Å². The molecule has 0 saturated carbocycles. The van der Waals surface area contributed by atoms with Crippen LogP contribution in [0.4, 0.5) is 11.4 Å². The van der Waals surface area contributed by atoms with Gasteiger partial charge in [-0.25, -0.2) is 4.79 Å². The molecule has 0 atom stereocenters. The molecule has 7 heteroatoms. The number of nitrogens with zero attached hydrogens (tertiary/aromatic N) is 2. The molecule has 7 nitrogen and oxygen atoms in total. The maximum absolute atomic E-state index is 12.1. The van der Waals surface area contributed by atoms with Gasteiger partial charge in [-0.1, -0.05) is 18.2 Å². The van der Waals surface area contributed by atoms with Gasteiger partial charge in [0.25, 0.3) is 5.91 Å². The monoisotopic (exact) mass is 366 g/mol. The smallest absolute Gasteiger partial charge is 0.338 e. The van der Waals surface area contributed by atoms with Crippen molar-refractivity contribution in [1.29, 1.82) is 0 Å². The van der Waals surface area contributed by atoms with E-state index < -0.39 is 12.6 Å². The van der Waals surface area contributed by atoms with Crippen LogP contribution in [0.5, 0.6) is 0 Å². The van der Waals surface area contributed by atoms with Gasteiger partial charge >= 0.3 is 5.97 Å². The molecule has 1 fully saturated rings. The highest BCUT2D eigenvalue weighted by Crippen LogP contribution is 2.23. The van der Waals surface area contributed by atoms with Crippen LogP contribution in [0.15, 0.2) is 54.6 Å². The number of esters is 1. The summed E-state index contributed by atoms with van der Waals surface area (Å²) in [6.45, 7) is -0.394. The Labute approximate surface area is 156 Å². The second-order valence-corrected chi connectivity index (χ2v) is 6.03. The van der Waals surface area contributed by atoms with Gasteiger partial charge in [0.05, 0.1) is 11.3 Å². The normalized spacial score (nSPS) is 13.6. The Morgan fingerprint density at radius 1 is 0.963 bits per heavy atom. The average Bonchev–Trinajstić information content (AvgIpc) is 3.04. The summed E-state index contributed by atoms with van der Waals surface area (Å²) in [5, 5.41) is 0. The lowest BCUT2D eigenvalue weighted by Crippen LogP contribution is -2.31. The summed E-state index contributed by atoms with van der Waals surface area (Å²) in [6, 6.07) is 15.0. The van der Waals surface area contributed by atoms with E-state index in [2.05, 4.69) is 0 Å². The lowest BCUT2D eigenvalue weighted by molar-refractivity contribution is -0.122. The van der Waals surface area contributed by atoms with Gasteiger partial charge in [0.1, 0.15) is 0 Å². The molecule has 138 valence electrons. The molecular weight excluding hydrogens is 348 g/mol. The highest BCUT2D eigenvalue weighted by Gasteiger charge is 2.30. The maximum Gasteiger partial charge on any atom is 0.338 e. The molecule has 0 unspecified atom stereocenters.